The second-order valence-corrected chi connectivity index (χ2v) is 6.59. The maximum Gasteiger partial charge on any atom is 0.252 e. The molecule has 7 nitrogen and oxygen atoms in total. The first-order valence-electron chi connectivity index (χ1n) is 8.00. The zero-order chi connectivity index (χ0) is 16.6. The number of nitrogens with zero attached hydrogens (tertiary/aromatic N) is 5. The predicted octanol–water partition coefficient (Wildman–Crippen LogP) is 0.786. The monoisotopic (exact) mass is 316 g/mol. The number of likely N-dealkylation sites (N-methyl/N-ethyl adjacent to an activating group) is 2. The van der Waals surface area contributed by atoms with Crippen LogP contribution in [0.2, 0.25) is 0 Å². The van der Waals surface area contributed by atoms with Crippen molar-refractivity contribution in [3.63, 3.8) is 0 Å². The Bertz CT molecular complexity index is 710. The maximum absolute atomic E-state index is 12.2. The molecule has 1 fully saturated rings. The molecule has 1 aliphatic rings. The van der Waals surface area contributed by atoms with Gasteiger partial charge in [0.05, 0.1) is 11.6 Å². The van der Waals surface area contributed by atoms with Crippen LogP contribution >= 0.6 is 0 Å². The van der Waals surface area contributed by atoms with Gasteiger partial charge >= 0.3 is 0 Å². The number of hydrogen-bond donors (Lipinski definition) is 1. The van der Waals surface area contributed by atoms with Crippen molar-refractivity contribution in [3.05, 3.63) is 29.7 Å². The third-order valence-electron chi connectivity index (χ3n) is 4.26. The zero-order valence-electron chi connectivity index (χ0n) is 14.2. The number of carbonyl (C=O) groups is 1. The van der Waals surface area contributed by atoms with Crippen molar-refractivity contribution in [3.8, 4) is 0 Å². The quantitative estimate of drug-likeness (QED) is 0.907. The van der Waals surface area contributed by atoms with Gasteiger partial charge in [-0.15, -0.1) is 10.2 Å². The van der Waals surface area contributed by atoms with E-state index in [2.05, 4.69) is 39.4 Å². The van der Waals surface area contributed by atoms with Crippen LogP contribution < -0.4 is 5.32 Å². The van der Waals surface area contributed by atoms with Gasteiger partial charge in [0.2, 0.25) is 0 Å². The molecule has 1 atom stereocenters. The first kappa shape index (κ1) is 15.9. The van der Waals surface area contributed by atoms with Crippen LogP contribution in [-0.4, -0.2) is 70.1 Å². The van der Waals surface area contributed by atoms with Crippen LogP contribution in [0.15, 0.2) is 18.3 Å². The number of carbonyl (C=O) groups excluding carboxylic acids is 1. The Kier molecular flexibility index (Phi) is 4.32. The van der Waals surface area contributed by atoms with Crippen molar-refractivity contribution in [2.75, 3.05) is 33.7 Å². The van der Waals surface area contributed by atoms with E-state index in [0.29, 0.717) is 5.56 Å². The van der Waals surface area contributed by atoms with E-state index in [1.807, 2.05) is 30.5 Å². The molecule has 2 aromatic heterocycles. The number of piperazine rings is 1. The Morgan fingerprint density at radius 2 is 2.04 bits per heavy atom. The Balaban J connectivity index is 1.96. The third kappa shape index (κ3) is 3.20. The normalized spacial score (nSPS) is 20.3. The summed E-state index contributed by atoms with van der Waals surface area (Å²) in [5, 5.41) is 11.5. The van der Waals surface area contributed by atoms with E-state index in [1.165, 1.54) is 0 Å². The van der Waals surface area contributed by atoms with Crippen LogP contribution in [0.1, 0.15) is 36.1 Å². The predicted molar refractivity (Wildman–Crippen MR) is 88.5 cm³/mol. The molecule has 0 aliphatic carbocycles. The van der Waals surface area contributed by atoms with Crippen molar-refractivity contribution in [2.24, 2.45) is 0 Å². The molecule has 3 heterocycles. The summed E-state index contributed by atoms with van der Waals surface area (Å²) in [6.45, 7) is 6.84. The summed E-state index contributed by atoms with van der Waals surface area (Å²) in [4.78, 5) is 16.8. The van der Waals surface area contributed by atoms with Gasteiger partial charge in [0.25, 0.3) is 5.91 Å². The molecule has 7 heteroatoms. The molecule has 0 bridgehead atoms. The summed E-state index contributed by atoms with van der Waals surface area (Å²) in [7, 11) is 4.22. The highest BCUT2D eigenvalue weighted by molar-refractivity contribution is 5.94. The molecular weight excluding hydrogens is 292 g/mol. The molecule has 1 N–H and O–H groups in total. The van der Waals surface area contributed by atoms with Gasteiger partial charge in [0.1, 0.15) is 0 Å². The lowest BCUT2D eigenvalue weighted by atomic mass is 10.1. The van der Waals surface area contributed by atoms with Crippen LogP contribution in [0.4, 0.5) is 0 Å². The molecule has 124 valence electrons. The minimum absolute atomic E-state index is 0.0735. The fourth-order valence-electron chi connectivity index (χ4n) is 2.90. The smallest absolute Gasteiger partial charge is 0.252 e. The van der Waals surface area contributed by atoms with Gasteiger partial charge in [0.15, 0.2) is 11.5 Å². The van der Waals surface area contributed by atoms with Gasteiger partial charge in [-0.25, -0.2) is 0 Å². The molecule has 3 rings (SSSR count). The average Bonchev–Trinajstić information content (AvgIpc) is 2.92. The van der Waals surface area contributed by atoms with Gasteiger partial charge < -0.3 is 10.2 Å². The summed E-state index contributed by atoms with van der Waals surface area (Å²) in [5.41, 5.74) is 1.39. The van der Waals surface area contributed by atoms with Crippen LogP contribution in [0.5, 0.6) is 0 Å². The van der Waals surface area contributed by atoms with Crippen LogP contribution in [0.25, 0.3) is 5.65 Å². The molecular formula is C16H24N6O. The fraction of sp³-hybridized carbons (Fsp3) is 0.562. The number of amides is 1. The van der Waals surface area contributed by atoms with E-state index in [0.717, 1.165) is 31.1 Å². The molecule has 0 radical (unpaired) electrons. The standard InChI is InChI=1S/C16H24N6O/c1-11(2)17-16(23)12-5-6-14-18-19-15(22(14)9-12)13-10-20(3)7-8-21(13)4/h5-6,9,11,13H,7-8,10H2,1-4H3,(H,17,23)/t13-/m0/s1. The topological polar surface area (TPSA) is 65.8 Å². The van der Waals surface area contributed by atoms with Crippen LogP contribution in [0, 0.1) is 0 Å². The van der Waals surface area contributed by atoms with E-state index in [-0.39, 0.29) is 18.0 Å². The van der Waals surface area contributed by atoms with E-state index < -0.39 is 0 Å². The lowest BCUT2D eigenvalue weighted by Crippen LogP contribution is -2.45. The minimum Gasteiger partial charge on any atom is -0.350 e. The molecule has 1 saturated heterocycles. The van der Waals surface area contributed by atoms with Gasteiger partial charge in [0, 0.05) is 31.9 Å². The van der Waals surface area contributed by atoms with Crippen molar-refractivity contribution in [1.29, 1.82) is 0 Å². The Morgan fingerprint density at radius 1 is 1.26 bits per heavy atom. The maximum atomic E-state index is 12.2. The molecule has 2 aromatic rings. The third-order valence-corrected chi connectivity index (χ3v) is 4.26. The molecule has 0 saturated carbocycles. The minimum atomic E-state index is -0.0735. The molecule has 1 aliphatic heterocycles. The van der Waals surface area contributed by atoms with E-state index >= 15 is 0 Å². The first-order valence-corrected chi connectivity index (χ1v) is 8.00. The van der Waals surface area contributed by atoms with Crippen LogP contribution in [0.3, 0.4) is 0 Å². The van der Waals surface area contributed by atoms with Crippen molar-refractivity contribution < 1.29 is 4.79 Å². The Labute approximate surface area is 136 Å². The molecule has 0 spiro atoms. The van der Waals surface area contributed by atoms with E-state index in [9.17, 15) is 4.79 Å². The average molecular weight is 316 g/mol. The lowest BCUT2D eigenvalue weighted by Gasteiger charge is -2.36. The molecule has 1 amide bonds. The SMILES string of the molecule is CC(C)NC(=O)c1ccc2nnc([C@@H]3CN(C)CCN3C)n2c1. The zero-order valence-corrected chi connectivity index (χ0v) is 14.2. The first-order chi connectivity index (χ1) is 11.0. The lowest BCUT2D eigenvalue weighted by molar-refractivity contribution is 0.0942. The number of nitrogens with one attached hydrogen (secondary N) is 1. The molecule has 0 unspecified atom stereocenters. The highest BCUT2D eigenvalue weighted by atomic mass is 16.1. The number of aromatic nitrogens is 3. The van der Waals surface area contributed by atoms with E-state index in [4.69, 9.17) is 0 Å². The largest absolute Gasteiger partial charge is 0.350 e. The Hall–Kier alpha value is -1.99. The van der Waals surface area contributed by atoms with E-state index in [1.54, 1.807) is 6.07 Å². The number of fused-ring (bicyclic) bond motifs is 1. The van der Waals surface area contributed by atoms with Gasteiger partial charge in [-0.2, -0.15) is 0 Å². The van der Waals surface area contributed by atoms with Crippen molar-refractivity contribution in [1.82, 2.24) is 29.7 Å². The second-order valence-electron chi connectivity index (χ2n) is 6.59. The Morgan fingerprint density at radius 3 is 2.78 bits per heavy atom. The number of pyridine rings is 1. The second kappa shape index (κ2) is 6.25. The number of rotatable bonds is 3. The summed E-state index contributed by atoms with van der Waals surface area (Å²) >= 11 is 0. The van der Waals surface area contributed by atoms with Gasteiger partial charge in [-0.1, -0.05) is 0 Å². The highest BCUT2D eigenvalue weighted by Crippen LogP contribution is 2.22. The van der Waals surface area contributed by atoms with Gasteiger partial charge in [-0.3, -0.25) is 14.1 Å². The summed E-state index contributed by atoms with van der Waals surface area (Å²) in [5.74, 6) is 0.809. The molecule has 0 aromatic carbocycles. The van der Waals surface area contributed by atoms with Crippen molar-refractivity contribution in [2.45, 2.75) is 25.9 Å². The highest BCUT2D eigenvalue weighted by Gasteiger charge is 2.28. The van der Waals surface area contributed by atoms with Gasteiger partial charge in [-0.05, 0) is 40.1 Å². The summed E-state index contributed by atoms with van der Waals surface area (Å²) in [6, 6.07) is 3.92. The van der Waals surface area contributed by atoms with Crippen molar-refractivity contribution >= 4 is 11.6 Å². The summed E-state index contributed by atoms with van der Waals surface area (Å²) in [6.07, 6.45) is 1.84. The summed E-state index contributed by atoms with van der Waals surface area (Å²) < 4.78 is 1.94. The van der Waals surface area contributed by atoms with Crippen LogP contribution in [-0.2, 0) is 0 Å². The fourth-order valence-corrected chi connectivity index (χ4v) is 2.90. The number of hydrogen-bond acceptors (Lipinski definition) is 5. The molecule has 23 heavy (non-hydrogen) atoms.